The summed E-state index contributed by atoms with van der Waals surface area (Å²) >= 11 is 0. The number of ether oxygens (including phenoxy) is 1. The first-order chi connectivity index (χ1) is 11.9. The van der Waals surface area contributed by atoms with Gasteiger partial charge < -0.3 is 14.5 Å². The molecule has 0 radical (unpaired) electrons. The predicted molar refractivity (Wildman–Crippen MR) is 95.6 cm³/mol. The average molecular weight is 337 g/mol. The first-order valence-electron chi connectivity index (χ1n) is 8.02. The highest BCUT2D eigenvalue weighted by molar-refractivity contribution is 5.98. The Labute approximate surface area is 145 Å². The molecule has 0 aliphatic carbocycles. The first kappa shape index (κ1) is 16.8. The predicted octanol–water partition coefficient (Wildman–Crippen LogP) is 4.23. The van der Waals surface area contributed by atoms with Gasteiger partial charge in [-0.3, -0.25) is 4.79 Å². The number of para-hydroxylation sites is 1. The standard InChI is InChI=1S/C20H19NO4/c1-12-8-9-13(2)16(10-12)21-19(22)14(3)24-20(23)18-11-15-6-4-5-7-17(15)25-18/h4-11,14H,1-3H3,(H,21,22)/t14-/m0/s1. The summed E-state index contributed by atoms with van der Waals surface area (Å²) in [5.41, 5.74) is 3.28. The van der Waals surface area contributed by atoms with Crippen LogP contribution < -0.4 is 5.32 Å². The minimum atomic E-state index is -0.944. The normalized spacial score (nSPS) is 12.0. The summed E-state index contributed by atoms with van der Waals surface area (Å²) in [4.78, 5) is 24.5. The molecular weight excluding hydrogens is 318 g/mol. The second kappa shape index (κ2) is 6.81. The summed E-state index contributed by atoms with van der Waals surface area (Å²) in [5, 5.41) is 3.59. The van der Waals surface area contributed by atoms with Crippen molar-refractivity contribution in [1.82, 2.24) is 0 Å². The Balaban J connectivity index is 1.68. The van der Waals surface area contributed by atoms with Gasteiger partial charge in [-0.1, -0.05) is 30.3 Å². The average Bonchev–Trinajstić information content (AvgIpc) is 3.02. The third-order valence-corrected chi connectivity index (χ3v) is 3.93. The van der Waals surface area contributed by atoms with Crippen molar-refractivity contribution in [3.05, 3.63) is 65.4 Å². The minimum Gasteiger partial charge on any atom is -0.449 e. The molecule has 1 aromatic heterocycles. The highest BCUT2D eigenvalue weighted by Gasteiger charge is 2.22. The van der Waals surface area contributed by atoms with E-state index in [4.69, 9.17) is 9.15 Å². The summed E-state index contributed by atoms with van der Waals surface area (Å²) in [6, 6.07) is 14.7. The zero-order valence-corrected chi connectivity index (χ0v) is 14.3. The van der Waals surface area contributed by atoms with Gasteiger partial charge in [0.1, 0.15) is 5.58 Å². The number of rotatable bonds is 4. The molecular formula is C20H19NO4. The van der Waals surface area contributed by atoms with E-state index in [2.05, 4.69) is 5.32 Å². The quantitative estimate of drug-likeness (QED) is 0.723. The Bertz CT molecular complexity index is 909. The second-order valence-corrected chi connectivity index (χ2v) is 6.00. The molecule has 0 spiro atoms. The van der Waals surface area contributed by atoms with Gasteiger partial charge in [-0.05, 0) is 50.1 Å². The van der Waals surface area contributed by atoms with Gasteiger partial charge in [0.15, 0.2) is 6.10 Å². The molecule has 25 heavy (non-hydrogen) atoms. The first-order valence-corrected chi connectivity index (χ1v) is 8.02. The number of fused-ring (bicyclic) bond motifs is 1. The highest BCUT2D eigenvalue weighted by Crippen LogP contribution is 2.20. The van der Waals surface area contributed by atoms with E-state index in [1.807, 2.05) is 50.2 Å². The largest absolute Gasteiger partial charge is 0.449 e. The molecule has 5 heteroatoms. The number of anilines is 1. The van der Waals surface area contributed by atoms with Gasteiger partial charge >= 0.3 is 5.97 Å². The molecule has 1 amide bonds. The van der Waals surface area contributed by atoms with Crippen LogP contribution in [0.15, 0.2) is 52.9 Å². The van der Waals surface area contributed by atoms with Gasteiger partial charge in [-0.15, -0.1) is 0 Å². The third kappa shape index (κ3) is 3.71. The van der Waals surface area contributed by atoms with Gasteiger partial charge in [-0.25, -0.2) is 4.79 Å². The van der Waals surface area contributed by atoms with Crippen molar-refractivity contribution in [3.8, 4) is 0 Å². The summed E-state index contributed by atoms with van der Waals surface area (Å²) in [5.74, 6) is -0.981. The van der Waals surface area contributed by atoms with Crippen LogP contribution in [-0.4, -0.2) is 18.0 Å². The van der Waals surface area contributed by atoms with Crippen LogP contribution in [0.5, 0.6) is 0 Å². The fraction of sp³-hybridized carbons (Fsp3) is 0.200. The van der Waals surface area contributed by atoms with Crippen LogP contribution in [0.1, 0.15) is 28.6 Å². The van der Waals surface area contributed by atoms with Crippen molar-refractivity contribution in [2.75, 3.05) is 5.32 Å². The number of furan rings is 1. The van der Waals surface area contributed by atoms with Crippen molar-refractivity contribution in [1.29, 1.82) is 0 Å². The molecule has 0 saturated carbocycles. The SMILES string of the molecule is Cc1ccc(C)c(NC(=O)[C@H](C)OC(=O)c2cc3ccccc3o2)c1. The molecule has 1 heterocycles. The number of carbonyl (C=O) groups excluding carboxylic acids is 2. The molecule has 128 valence electrons. The molecule has 0 unspecified atom stereocenters. The van der Waals surface area contributed by atoms with Crippen LogP contribution in [0.25, 0.3) is 11.0 Å². The molecule has 0 saturated heterocycles. The van der Waals surface area contributed by atoms with E-state index in [1.54, 1.807) is 12.1 Å². The van der Waals surface area contributed by atoms with Crippen molar-refractivity contribution in [2.24, 2.45) is 0 Å². The highest BCUT2D eigenvalue weighted by atomic mass is 16.6. The number of benzene rings is 2. The molecule has 0 fully saturated rings. The zero-order valence-electron chi connectivity index (χ0n) is 14.3. The maximum atomic E-state index is 12.3. The van der Waals surface area contributed by atoms with Crippen LogP contribution in [0.3, 0.4) is 0 Å². The van der Waals surface area contributed by atoms with E-state index in [0.717, 1.165) is 16.5 Å². The Morgan fingerprint density at radius 3 is 2.60 bits per heavy atom. The molecule has 5 nitrogen and oxygen atoms in total. The lowest BCUT2D eigenvalue weighted by Gasteiger charge is -2.14. The molecule has 1 N–H and O–H groups in total. The summed E-state index contributed by atoms with van der Waals surface area (Å²) in [7, 11) is 0. The number of aryl methyl sites for hydroxylation is 2. The van der Waals surface area contributed by atoms with E-state index in [1.165, 1.54) is 6.92 Å². The number of hydrogen-bond acceptors (Lipinski definition) is 4. The fourth-order valence-corrected chi connectivity index (χ4v) is 2.46. The topological polar surface area (TPSA) is 68.5 Å². The Kier molecular flexibility index (Phi) is 4.57. The summed E-state index contributed by atoms with van der Waals surface area (Å²) in [6.45, 7) is 5.38. The van der Waals surface area contributed by atoms with Crippen LogP contribution in [0.2, 0.25) is 0 Å². The van der Waals surface area contributed by atoms with E-state index in [-0.39, 0.29) is 5.76 Å². The van der Waals surface area contributed by atoms with Gasteiger partial charge in [0.05, 0.1) is 0 Å². The maximum absolute atomic E-state index is 12.3. The third-order valence-electron chi connectivity index (χ3n) is 3.93. The Hall–Kier alpha value is -3.08. The Morgan fingerprint density at radius 2 is 1.84 bits per heavy atom. The van der Waals surface area contributed by atoms with E-state index in [0.29, 0.717) is 11.3 Å². The molecule has 3 rings (SSSR count). The van der Waals surface area contributed by atoms with Crippen LogP contribution in [0.4, 0.5) is 5.69 Å². The van der Waals surface area contributed by atoms with Crippen molar-refractivity contribution in [2.45, 2.75) is 26.9 Å². The Morgan fingerprint density at radius 1 is 1.08 bits per heavy atom. The van der Waals surface area contributed by atoms with Crippen LogP contribution in [-0.2, 0) is 9.53 Å². The molecule has 3 aromatic rings. The van der Waals surface area contributed by atoms with E-state index in [9.17, 15) is 9.59 Å². The monoisotopic (exact) mass is 337 g/mol. The lowest BCUT2D eigenvalue weighted by atomic mass is 10.1. The number of nitrogens with one attached hydrogen (secondary N) is 1. The summed E-state index contributed by atoms with van der Waals surface area (Å²) < 4.78 is 10.7. The molecule has 2 aromatic carbocycles. The van der Waals surface area contributed by atoms with Crippen LogP contribution in [0, 0.1) is 13.8 Å². The van der Waals surface area contributed by atoms with E-state index >= 15 is 0 Å². The van der Waals surface area contributed by atoms with Gasteiger partial charge in [0, 0.05) is 11.1 Å². The molecule has 0 aliphatic heterocycles. The van der Waals surface area contributed by atoms with Gasteiger partial charge in [-0.2, -0.15) is 0 Å². The van der Waals surface area contributed by atoms with Crippen molar-refractivity contribution >= 4 is 28.5 Å². The van der Waals surface area contributed by atoms with Crippen molar-refractivity contribution in [3.63, 3.8) is 0 Å². The van der Waals surface area contributed by atoms with Gasteiger partial charge in [0.2, 0.25) is 5.76 Å². The lowest BCUT2D eigenvalue weighted by Crippen LogP contribution is -2.30. The number of amides is 1. The molecule has 1 atom stereocenters. The number of esters is 1. The zero-order chi connectivity index (χ0) is 18.0. The smallest absolute Gasteiger partial charge is 0.375 e. The minimum absolute atomic E-state index is 0.0765. The van der Waals surface area contributed by atoms with Crippen LogP contribution >= 0.6 is 0 Å². The van der Waals surface area contributed by atoms with E-state index < -0.39 is 18.0 Å². The molecule has 0 aliphatic rings. The summed E-state index contributed by atoms with van der Waals surface area (Å²) in [6.07, 6.45) is -0.944. The maximum Gasteiger partial charge on any atom is 0.375 e. The number of carbonyl (C=O) groups is 2. The second-order valence-electron chi connectivity index (χ2n) is 6.00. The van der Waals surface area contributed by atoms with Gasteiger partial charge in [0.25, 0.3) is 5.91 Å². The lowest BCUT2D eigenvalue weighted by molar-refractivity contribution is -0.123. The fourth-order valence-electron chi connectivity index (χ4n) is 2.46. The molecule has 0 bridgehead atoms. The van der Waals surface area contributed by atoms with Crippen molar-refractivity contribution < 1.29 is 18.7 Å². The number of hydrogen-bond donors (Lipinski definition) is 1.